The smallest absolute Gasteiger partial charge is 0.273 e. The van der Waals surface area contributed by atoms with E-state index in [0.29, 0.717) is 47.8 Å². The lowest BCUT2D eigenvalue weighted by Crippen LogP contribution is -2.53. The lowest BCUT2D eigenvalue weighted by molar-refractivity contribution is -0.129. The number of benzene rings is 2. The molecule has 37 heavy (non-hydrogen) atoms. The third kappa shape index (κ3) is 5.60. The zero-order chi connectivity index (χ0) is 26.7. The normalized spacial score (nSPS) is 16.1. The van der Waals surface area contributed by atoms with Crippen molar-refractivity contribution < 1.29 is 18.4 Å². The van der Waals surface area contributed by atoms with Gasteiger partial charge in [-0.25, -0.2) is 13.8 Å². The lowest BCUT2D eigenvalue weighted by Gasteiger charge is -2.40. The number of piperazine rings is 1. The summed E-state index contributed by atoms with van der Waals surface area (Å²) in [5.74, 6) is -2.78. The Hall–Kier alpha value is -3.88. The fraction of sp³-hybridized carbons (Fsp3) is 0.357. The number of anilines is 1. The summed E-state index contributed by atoms with van der Waals surface area (Å²) in [6.45, 7) is 6.89. The number of carbonyl (C=O) groups is 2. The van der Waals surface area contributed by atoms with Crippen LogP contribution < -0.4 is 10.6 Å². The molecule has 1 saturated heterocycles. The van der Waals surface area contributed by atoms with Crippen molar-refractivity contribution in [3.05, 3.63) is 66.0 Å². The van der Waals surface area contributed by atoms with E-state index in [0.717, 1.165) is 5.56 Å². The minimum absolute atomic E-state index is 0.0267. The first-order valence-corrected chi connectivity index (χ1v) is 12.3. The Kier molecular flexibility index (Phi) is 7.52. The molecule has 0 spiro atoms. The van der Waals surface area contributed by atoms with Gasteiger partial charge in [-0.15, -0.1) is 0 Å². The number of aromatic nitrogens is 2. The van der Waals surface area contributed by atoms with Gasteiger partial charge in [0.2, 0.25) is 11.8 Å². The third-order valence-electron chi connectivity index (χ3n) is 6.79. The summed E-state index contributed by atoms with van der Waals surface area (Å²) in [4.78, 5) is 36.4. The number of alkyl halides is 2. The molecule has 4 rings (SSSR count). The van der Waals surface area contributed by atoms with Crippen LogP contribution in [0.1, 0.15) is 38.3 Å². The van der Waals surface area contributed by atoms with Crippen molar-refractivity contribution in [3.8, 4) is 22.4 Å². The molecule has 1 unspecified atom stereocenters. The first-order chi connectivity index (χ1) is 17.6. The fourth-order valence-corrected chi connectivity index (χ4v) is 4.76. The molecule has 2 heterocycles. The number of hydrogen-bond acceptors (Lipinski definition) is 5. The Labute approximate surface area is 215 Å². The Morgan fingerprint density at radius 2 is 1.73 bits per heavy atom. The van der Waals surface area contributed by atoms with E-state index in [-0.39, 0.29) is 30.4 Å². The van der Waals surface area contributed by atoms with Crippen molar-refractivity contribution in [1.29, 1.82) is 0 Å². The quantitative estimate of drug-likeness (QED) is 0.512. The Morgan fingerprint density at radius 3 is 2.35 bits per heavy atom. The average molecular weight is 508 g/mol. The molecule has 0 aliphatic carbocycles. The minimum atomic E-state index is -3.02. The molecule has 2 aromatic carbocycles. The van der Waals surface area contributed by atoms with Gasteiger partial charge in [0.05, 0.1) is 6.42 Å². The van der Waals surface area contributed by atoms with Crippen LogP contribution in [0.15, 0.2) is 54.9 Å². The topological polar surface area (TPSA) is 92.4 Å². The molecule has 2 amide bonds. The van der Waals surface area contributed by atoms with Crippen LogP contribution in [0.4, 0.5) is 14.6 Å². The van der Waals surface area contributed by atoms with Gasteiger partial charge in [0, 0.05) is 62.5 Å². The number of hydrogen-bond donors (Lipinski definition) is 1. The third-order valence-corrected chi connectivity index (χ3v) is 6.79. The van der Waals surface area contributed by atoms with E-state index in [1.807, 2.05) is 24.0 Å². The summed E-state index contributed by atoms with van der Waals surface area (Å²) in [7, 11) is 0. The molecule has 0 saturated carbocycles. The van der Waals surface area contributed by atoms with Gasteiger partial charge in [-0.05, 0) is 23.6 Å². The predicted molar refractivity (Wildman–Crippen MR) is 139 cm³/mol. The summed E-state index contributed by atoms with van der Waals surface area (Å²) in [5, 5.41) is 0. The summed E-state index contributed by atoms with van der Waals surface area (Å²) in [6, 6.07) is 11.8. The number of primary amides is 1. The SMILES string of the molecule is CCC(F)(F)c1ccc(CC(N)=O)cc1-c1ccc(-c2nccnc2N2CCN(C(C)=O)CC2C)cc1. The van der Waals surface area contributed by atoms with Crippen molar-refractivity contribution in [3.63, 3.8) is 0 Å². The van der Waals surface area contributed by atoms with Gasteiger partial charge in [0.15, 0.2) is 5.82 Å². The van der Waals surface area contributed by atoms with Crippen molar-refractivity contribution in [2.45, 2.75) is 45.6 Å². The van der Waals surface area contributed by atoms with Crippen LogP contribution in [0.25, 0.3) is 22.4 Å². The fourth-order valence-electron chi connectivity index (χ4n) is 4.76. The summed E-state index contributed by atoms with van der Waals surface area (Å²) < 4.78 is 29.6. The van der Waals surface area contributed by atoms with Gasteiger partial charge < -0.3 is 15.5 Å². The molecule has 9 heteroatoms. The first-order valence-electron chi connectivity index (χ1n) is 12.3. The molecule has 194 valence electrons. The highest BCUT2D eigenvalue weighted by atomic mass is 19.3. The van der Waals surface area contributed by atoms with Gasteiger partial charge in [0.1, 0.15) is 5.69 Å². The van der Waals surface area contributed by atoms with Crippen LogP contribution in [0, 0.1) is 0 Å². The van der Waals surface area contributed by atoms with Crippen molar-refractivity contribution >= 4 is 17.6 Å². The van der Waals surface area contributed by atoms with Gasteiger partial charge >= 0.3 is 0 Å². The number of amides is 2. The number of halogens is 2. The summed E-state index contributed by atoms with van der Waals surface area (Å²) >= 11 is 0. The largest absolute Gasteiger partial charge is 0.369 e. The molecule has 7 nitrogen and oxygen atoms in total. The summed E-state index contributed by atoms with van der Waals surface area (Å²) in [6.07, 6.45) is 2.89. The number of nitrogens with zero attached hydrogens (tertiary/aromatic N) is 4. The first kappa shape index (κ1) is 26.2. The van der Waals surface area contributed by atoms with E-state index < -0.39 is 11.8 Å². The van der Waals surface area contributed by atoms with Crippen molar-refractivity contribution in [2.24, 2.45) is 5.73 Å². The van der Waals surface area contributed by atoms with Gasteiger partial charge in [-0.1, -0.05) is 49.4 Å². The monoisotopic (exact) mass is 507 g/mol. The second-order valence-electron chi connectivity index (χ2n) is 9.39. The molecular formula is C28H31F2N5O2. The maximum Gasteiger partial charge on any atom is 0.273 e. The van der Waals surface area contributed by atoms with E-state index in [1.165, 1.54) is 19.1 Å². The van der Waals surface area contributed by atoms with E-state index >= 15 is 0 Å². The second-order valence-corrected chi connectivity index (χ2v) is 9.39. The molecule has 1 atom stereocenters. The zero-order valence-corrected chi connectivity index (χ0v) is 21.2. The highest BCUT2D eigenvalue weighted by Crippen LogP contribution is 2.39. The average Bonchev–Trinajstić information content (AvgIpc) is 2.88. The molecule has 3 aromatic rings. The molecule has 1 aliphatic heterocycles. The van der Waals surface area contributed by atoms with Gasteiger partial charge in [-0.2, -0.15) is 0 Å². The number of carbonyl (C=O) groups excluding carboxylic acids is 2. The van der Waals surface area contributed by atoms with Crippen LogP contribution in [-0.2, 0) is 21.9 Å². The Bertz CT molecular complexity index is 1300. The molecule has 1 aromatic heterocycles. The molecular weight excluding hydrogens is 476 g/mol. The second kappa shape index (κ2) is 10.6. The maximum atomic E-state index is 14.8. The van der Waals surface area contributed by atoms with Crippen LogP contribution >= 0.6 is 0 Å². The van der Waals surface area contributed by atoms with Crippen molar-refractivity contribution in [2.75, 3.05) is 24.5 Å². The van der Waals surface area contributed by atoms with E-state index in [1.54, 1.807) is 37.5 Å². The minimum Gasteiger partial charge on any atom is -0.369 e. The van der Waals surface area contributed by atoms with Crippen LogP contribution in [0.5, 0.6) is 0 Å². The van der Waals surface area contributed by atoms with E-state index in [2.05, 4.69) is 14.9 Å². The number of rotatable bonds is 7. The van der Waals surface area contributed by atoms with E-state index in [4.69, 9.17) is 5.73 Å². The highest BCUT2D eigenvalue weighted by Gasteiger charge is 2.32. The Balaban J connectivity index is 1.69. The molecule has 2 N–H and O–H groups in total. The highest BCUT2D eigenvalue weighted by molar-refractivity contribution is 5.80. The standard InChI is InChI=1S/C28H31F2N5O2/c1-4-28(29,30)24-10-5-20(16-25(31)37)15-23(24)21-6-8-22(9-7-21)26-27(33-12-11-32-26)35-14-13-34(19(3)36)17-18(35)2/h5-12,15,18H,4,13-14,16-17H2,1-3H3,(H2,31,37). The van der Waals surface area contributed by atoms with Gasteiger partial charge in [-0.3, -0.25) is 14.6 Å². The molecule has 0 bridgehead atoms. The van der Waals surface area contributed by atoms with Crippen LogP contribution in [0.3, 0.4) is 0 Å². The number of nitrogens with two attached hydrogens (primary N) is 1. The van der Waals surface area contributed by atoms with Crippen LogP contribution in [-0.4, -0.2) is 52.4 Å². The molecule has 1 fully saturated rings. The maximum absolute atomic E-state index is 14.8. The summed E-state index contributed by atoms with van der Waals surface area (Å²) in [5.41, 5.74) is 8.27. The van der Waals surface area contributed by atoms with Crippen LogP contribution in [0.2, 0.25) is 0 Å². The molecule has 0 radical (unpaired) electrons. The van der Waals surface area contributed by atoms with Gasteiger partial charge in [0.25, 0.3) is 5.92 Å². The predicted octanol–water partition coefficient (Wildman–Crippen LogP) is 4.40. The lowest BCUT2D eigenvalue weighted by atomic mass is 9.91. The zero-order valence-electron chi connectivity index (χ0n) is 21.2. The Morgan fingerprint density at radius 1 is 1.05 bits per heavy atom. The van der Waals surface area contributed by atoms with E-state index in [9.17, 15) is 18.4 Å². The molecule has 1 aliphatic rings. The van der Waals surface area contributed by atoms with Crippen molar-refractivity contribution in [1.82, 2.24) is 14.9 Å².